The molecule has 0 radical (unpaired) electrons. The summed E-state index contributed by atoms with van der Waals surface area (Å²) in [6, 6.07) is 12.4. The van der Waals surface area contributed by atoms with E-state index in [0.717, 1.165) is 37.3 Å². The van der Waals surface area contributed by atoms with Gasteiger partial charge < -0.3 is 5.73 Å². The number of nitrogens with zero attached hydrogens (tertiary/aromatic N) is 3. The summed E-state index contributed by atoms with van der Waals surface area (Å²) in [6.45, 7) is 4.10. The number of aliphatic imine (C=N–C) groups is 1. The summed E-state index contributed by atoms with van der Waals surface area (Å²) >= 11 is 0. The van der Waals surface area contributed by atoms with E-state index in [2.05, 4.69) is 27.9 Å². The van der Waals surface area contributed by atoms with Crippen LogP contribution in [-0.2, 0) is 6.42 Å². The molecule has 2 aromatic rings. The number of anilines is 1. The minimum Gasteiger partial charge on any atom is -0.397 e. The minimum atomic E-state index is 0.398. The largest absolute Gasteiger partial charge is 0.397 e. The molecular weight excluding hydrogens is 296 g/mol. The van der Waals surface area contributed by atoms with Crippen LogP contribution < -0.4 is 5.73 Å². The molecule has 1 heterocycles. The Kier molecular flexibility index (Phi) is 5.59. The van der Waals surface area contributed by atoms with E-state index in [1.54, 1.807) is 0 Å². The van der Waals surface area contributed by atoms with Gasteiger partial charge in [-0.25, -0.2) is 0 Å². The lowest BCUT2D eigenvalue weighted by Gasteiger charge is -2.34. The van der Waals surface area contributed by atoms with Crippen LogP contribution in [0.5, 0.6) is 0 Å². The summed E-state index contributed by atoms with van der Waals surface area (Å²) in [5, 5.41) is 0. The molecule has 4 heteroatoms. The summed E-state index contributed by atoms with van der Waals surface area (Å²) in [5.41, 5.74) is 10.2. The molecule has 3 rings (SSSR count). The van der Waals surface area contributed by atoms with Crippen molar-refractivity contribution < 1.29 is 0 Å². The first-order valence-electron chi connectivity index (χ1n) is 8.84. The van der Waals surface area contributed by atoms with Gasteiger partial charge in [-0.15, -0.1) is 0 Å². The van der Waals surface area contributed by atoms with Crippen molar-refractivity contribution in [1.82, 2.24) is 9.88 Å². The summed E-state index contributed by atoms with van der Waals surface area (Å²) in [6.07, 6.45) is 8.57. The zero-order chi connectivity index (χ0) is 16.8. The van der Waals surface area contributed by atoms with Crippen LogP contribution in [0.25, 0.3) is 0 Å². The monoisotopic (exact) mass is 322 g/mol. The number of hydrogen-bond donors (Lipinski definition) is 1. The zero-order valence-electron chi connectivity index (χ0n) is 14.4. The van der Waals surface area contributed by atoms with Crippen molar-refractivity contribution in [2.45, 2.75) is 38.6 Å². The fraction of sp³-hybridized carbons (Fsp3) is 0.400. The molecule has 0 fully saturated rings. The Hall–Kier alpha value is -2.20. The average molecular weight is 322 g/mol. The van der Waals surface area contributed by atoms with Crippen molar-refractivity contribution >= 4 is 17.6 Å². The molecule has 1 aromatic carbocycles. The number of pyridine rings is 1. The van der Waals surface area contributed by atoms with Gasteiger partial charge in [-0.3, -0.25) is 14.9 Å². The number of nitrogen functional groups attached to an aromatic ring is 1. The van der Waals surface area contributed by atoms with E-state index in [4.69, 9.17) is 5.73 Å². The SMILES string of the molecule is CCCN(CC=Nc1ccccc1N)C1CCCc2cccnc21. The topological polar surface area (TPSA) is 54.5 Å². The third kappa shape index (κ3) is 3.82. The van der Waals surface area contributed by atoms with Crippen LogP contribution in [0.3, 0.4) is 0 Å². The van der Waals surface area contributed by atoms with Crippen molar-refractivity contribution in [1.29, 1.82) is 0 Å². The van der Waals surface area contributed by atoms with Crippen LogP contribution in [0.2, 0.25) is 0 Å². The molecule has 1 aliphatic rings. The molecule has 1 atom stereocenters. The molecule has 1 aliphatic carbocycles. The quantitative estimate of drug-likeness (QED) is 0.642. The van der Waals surface area contributed by atoms with Crippen LogP contribution in [0.1, 0.15) is 43.5 Å². The van der Waals surface area contributed by atoms with Crippen molar-refractivity contribution in [2.75, 3.05) is 18.8 Å². The second-order valence-electron chi connectivity index (χ2n) is 6.32. The minimum absolute atomic E-state index is 0.398. The lowest BCUT2D eigenvalue weighted by molar-refractivity contribution is 0.201. The number of hydrogen-bond acceptors (Lipinski definition) is 4. The lowest BCUT2D eigenvalue weighted by atomic mass is 9.90. The Labute approximate surface area is 144 Å². The maximum atomic E-state index is 5.96. The molecule has 2 N–H and O–H groups in total. The first-order chi connectivity index (χ1) is 11.8. The van der Waals surface area contributed by atoms with Gasteiger partial charge in [0, 0.05) is 19.0 Å². The number of rotatable bonds is 6. The molecule has 0 amide bonds. The number of para-hydroxylation sites is 2. The van der Waals surface area contributed by atoms with E-state index in [1.165, 1.54) is 24.1 Å². The van der Waals surface area contributed by atoms with Crippen LogP contribution >= 0.6 is 0 Å². The van der Waals surface area contributed by atoms with Crippen LogP contribution in [0.4, 0.5) is 11.4 Å². The van der Waals surface area contributed by atoms with Crippen molar-refractivity contribution in [3.63, 3.8) is 0 Å². The van der Waals surface area contributed by atoms with Gasteiger partial charge >= 0.3 is 0 Å². The van der Waals surface area contributed by atoms with Crippen molar-refractivity contribution in [3.8, 4) is 0 Å². The Morgan fingerprint density at radius 2 is 2.17 bits per heavy atom. The average Bonchev–Trinajstić information content (AvgIpc) is 2.62. The smallest absolute Gasteiger partial charge is 0.0855 e. The molecule has 24 heavy (non-hydrogen) atoms. The Bertz CT molecular complexity index is 696. The number of benzene rings is 1. The van der Waals surface area contributed by atoms with E-state index in [9.17, 15) is 0 Å². The third-order valence-electron chi connectivity index (χ3n) is 4.60. The molecule has 0 saturated carbocycles. The van der Waals surface area contributed by atoms with Gasteiger partial charge in [0.25, 0.3) is 0 Å². The van der Waals surface area contributed by atoms with E-state index in [-0.39, 0.29) is 0 Å². The van der Waals surface area contributed by atoms with Gasteiger partial charge in [0.1, 0.15) is 0 Å². The van der Waals surface area contributed by atoms with Crippen molar-refractivity contribution in [3.05, 3.63) is 53.9 Å². The molecule has 1 aromatic heterocycles. The highest BCUT2D eigenvalue weighted by atomic mass is 15.2. The Morgan fingerprint density at radius 1 is 1.29 bits per heavy atom. The zero-order valence-corrected chi connectivity index (χ0v) is 14.4. The summed E-state index contributed by atoms with van der Waals surface area (Å²) in [7, 11) is 0. The molecule has 0 spiro atoms. The molecule has 4 nitrogen and oxygen atoms in total. The molecule has 0 saturated heterocycles. The Balaban J connectivity index is 1.75. The highest BCUT2D eigenvalue weighted by Gasteiger charge is 2.26. The normalized spacial score (nSPS) is 17.3. The molecule has 126 valence electrons. The van der Waals surface area contributed by atoms with Gasteiger partial charge in [-0.1, -0.05) is 25.1 Å². The van der Waals surface area contributed by atoms with Crippen LogP contribution in [-0.4, -0.2) is 29.2 Å². The second-order valence-corrected chi connectivity index (χ2v) is 6.32. The highest BCUT2D eigenvalue weighted by molar-refractivity contribution is 5.71. The maximum Gasteiger partial charge on any atom is 0.0855 e. The Morgan fingerprint density at radius 3 is 3.00 bits per heavy atom. The number of aryl methyl sites for hydroxylation is 1. The first kappa shape index (κ1) is 16.7. The number of nitrogens with two attached hydrogens (primary N) is 1. The first-order valence-corrected chi connectivity index (χ1v) is 8.84. The van der Waals surface area contributed by atoms with Gasteiger partial charge in [-0.2, -0.15) is 0 Å². The van der Waals surface area contributed by atoms with E-state index in [0.29, 0.717) is 6.04 Å². The van der Waals surface area contributed by atoms with Crippen molar-refractivity contribution in [2.24, 2.45) is 4.99 Å². The predicted octanol–water partition coefficient (Wildman–Crippen LogP) is 4.16. The number of fused-ring (bicyclic) bond motifs is 1. The predicted molar refractivity (Wildman–Crippen MR) is 101 cm³/mol. The fourth-order valence-electron chi connectivity index (χ4n) is 3.45. The van der Waals surface area contributed by atoms with E-state index < -0.39 is 0 Å². The summed E-state index contributed by atoms with van der Waals surface area (Å²) < 4.78 is 0. The number of aromatic nitrogens is 1. The van der Waals surface area contributed by atoms with Crippen LogP contribution in [0, 0.1) is 0 Å². The lowest BCUT2D eigenvalue weighted by Crippen LogP contribution is -2.34. The molecule has 0 bridgehead atoms. The molecular formula is C20H26N4. The van der Waals surface area contributed by atoms with Gasteiger partial charge in [0.05, 0.1) is 23.1 Å². The summed E-state index contributed by atoms with van der Waals surface area (Å²) in [5.74, 6) is 0. The van der Waals surface area contributed by atoms with Crippen LogP contribution in [0.15, 0.2) is 47.6 Å². The highest BCUT2D eigenvalue weighted by Crippen LogP contribution is 2.32. The van der Waals surface area contributed by atoms with E-state index >= 15 is 0 Å². The van der Waals surface area contributed by atoms with Gasteiger partial charge in [0.2, 0.25) is 0 Å². The maximum absolute atomic E-state index is 5.96. The standard InChI is InChI=1S/C20H26N4/c1-2-14-24(15-13-22-18-10-4-3-9-17(18)21)19-11-5-7-16-8-6-12-23-20(16)19/h3-4,6,8-10,12-13,19H,2,5,7,11,14-15,21H2,1H3. The second kappa shape index (κ2) is 8.06. The third-order valence-corrected chi connectivity index (χ3v) is 4.60. The van der Waals surface area contributed by atoms with Gasteiger partial charge in [-0.05, 0) is 56.0 Å². The van der Waals surface area contributed by atoms with E-state index in [1.807, 2.05) is 42.7 Å². The molecule has 1 unspecified atom stereocenters. The summed E-state index contributed by atoms with van der Waals surface area (Å²) in [4.78, 5) is 11.7. The van der Waals surface area contributed by atoms with Gasteiger partial charge in [0.15, 0.2) is 0 Å². The fourth-order valence-corrected chi connectivity index (χ4v) is 3.45. The molecule has 0 aliphatic heterocycles.